The molecule has 2 rings (SSSR count). The minimum atomic E-state index is 0.120. The van der Waals surface area contributed by atoms with Gasteiger partial charge in [0.25, 0.3) is 5.91 Å². The summed E-state index contributed by atoms with van der Waals surface area (Å²) >= 11 is 0. The third kappa shape index (κ3) is 2.35. The van der Waals surface area contributed by atoms with Crippen molar-refractivity contribution in [1.82, 2.24) is 9.88 Å². The Morgan fingerprint density at radius 1 is 1.60 bits per heavy atom. The van der Waals surface area contributed by atoms with E-state index in [1.807, 2.05) is 11.0 Å². The predicted octanol–water partition coefficient (Wildman–Crippen LogP) is 1.95. The molecular formula is C12H16N2O. The molecule has 0 saturated carbocycles. The standard InChI is InChI=1S/C12H16N2O/c1-10-4-3-7-14(9-10)12(15)11-5-2-6-13-8-11/h2,5-6,8,10H,3-4,7,9H2,1H3/t10-/m0/s1. The molecule has 1 aromatic rings. The van der Waals surface area contributed by atoms with Gasteiger partial charge in [-0.1, -0.05) is 6.92 Å². The Morgan fingerprint density at radius 3 is 3.13 bits per heavy atom. The lowest BCUT2D eigenvalue weighted by molar-refractivity contribution is 0.0682. The van der Waals surface area contributed by atoms with E-state index in [1.165, 1.54) is 6.42 Å². The van der Waals surface area contributed by atoms with Crippen molar-refractivity contribution in [2.45, 2.75) is 19.8 Å². The molecule has 15 heavy (non-hydrogen) atoms. The Bertz CT molecular complexity index is 337. The zero-order valence-corrected chi connectivity index (χ0v) is 9.02. The van der Waals surface area contributed by atoms with E-state index in [0.29, 0.717) is 11.5 Å². The van der Waals surface area contributed by atoms with Crippen molar-refractivity contribution in [2.24, 2.45) is 5.92 Å². The zero-order valence-electron chi connectivity index (χ0n) is 9.02. The van der Waals surface area contributed by atoms with Gasteiger partial charge in [-0.15, -0.1) is 0 Å². The van der Waals surface area contributed by atoms with Gasteiger partial charge in [-0.25, -0.2) is 0 Å². The van der Waals surface area contributed by atoms with Crippen molar-refractivity contribution in [2.75, 3.05) is 13.1 Å². The lowest BCUT2D eigenvalue weighted by atomic mass is 10.00. The van der Waals surface area contributed by atoms with Gasteiger partial charge in [-0.3, -0.25) is 9.78 Å². The van der Waals surface area contributed by atoms with Gasteiger partial charge in [0.1, 0.15) is 0 Å². The summed E-state index contributed by atoms with van der Waals surface area (Å²) in [4.78, 5) is 17.9. The molecule has 1 fully saturated rings. The first-order valence-electron chi connectivity index (χ1n) is 5.46. The monoisotopic (exact) mass is 204 g/mol. The summed E-state index contributed by atoms with van der Waals surface area (Å²) in [6, 6.07) is 3.63. The first kappa shape index (κ1) is 10.1. The third-order valence-corrected chi connectivity index (χ3v) is 2.85. The number of piperidine rings is 1. The molecule has 1 aliphatic heterocycles. The lowest BCUT2D eigenvalue weighted by Crippen LogP contribution is -2.39. The molecule has 0 aromatic carbocycles. The number of likely N-dealkylation sites (tertiary alicyclic amines) is 1. The summed E-state index contributed by atoms with van der Waals surface area (Å²) in [6.07, 6.45) is 5.68. The highest BCUT2D eigenvalue weighted by atomic mass is 16.2. The van der Waals surface area contributed by atoms with E-state index < -0.39 is 0 Å². The summed E-state index contributed by atoms with van der Waals surface area (Å²) in [5, 5.41) is 0. The van der Waals surface area contributed by atoms with Gasteiger partial charge < -0.3 is 4.90 Å². The molecule has 0 N–H and O–H groups in total. The van der Waals surface area contributed by atoms with Crippen LogP contribution >= 0.6 is 0 Å². The molecule has 3 nitrogen and oxygen atoms in total. The first-order valence-corrected chi connectivity index (χ1v) is 5.46. The molecule has 0 aliphatic carbocycles. The topological polar surface area (TPSA) is 33.2 Å². The van der Waals surface area contributed by atoms with Crippen LogP contribution in [-0.2, 0) is 0 Å². The lowest BCUT2D eigenvalue weighted by Gasteiger charge is -2.30. The number of amides is 1. The number of rotatable bonds is 1. The maximum absolute atomic E-state index is 12.0. The third-order valence-electron chi connectivity index (χ3n) is 2.85. The highest BCUT2D eigenvalue weighted by Crippen LogP contribution is 2.17. The molecular weight excluding hydrogens is 188 g/mol. The molecule has 1 aliphatic rings. The summed E-state index contributed by atoms with van der Waals surface area (Å²) in [5.74, 6) is 0.744. The minimum absolute atomic E-state index is 0.120. The summed E-state index contributed by atoms with van der Waals surface area (Å²) < 4.78 is 0. The number of carbonyl (C=O) groups excluding carboxylic acids is 1. The molecule has 2 heterocycles. The van der Waals surface area contributed by atoms with Crippen molar-refractivity contribution in [3.63, 3.8) is 0 Å². The van der Waals surface area contributed by atoms with Crippen LogP contribution in [0.3, 0.4) is 0 Å². The van der Waals surface area contributed by atoms with Crippen LogP contribution in [0.1, 0.15) is 30.1 Å². The molecule has 1 atom stereocenters. The van der Waals surface area contributed by atoms with Crippen LogP contribution < -0.4 is 0 Å². The fourth-order valence-corrected chi connectivity index (χ4v) is 2.05. The zero-order chi connectivity index (χ0) is 10.7. The number of pyridine rings is 1. The molecule has 1 aromatic heterocycles. The van der Waals surface area contributed by atoms with Gasteiger partial charge >= 0.3 is 0 Å². The van der Waals surface area contributed by atoms with E-state index >= 15 is 0 Å². The Morgan fingerprint density at radius 2 is 2.47 bits per heavy atom. The molecule has 1 amide bonds. The second-order valence-electron chi connectivity index (χ2n) is 4.24. The number of aromatic nitrogens is 1. The highest BCUT2D eigenvalue weighted by Gasteiger charge is 2.21. The summed E-state index contributed by atoms with van der Waals surface area (Å²) in [7, 11) is 0. The second kappa shape index (κ2) is 4.43. The average Bonchev–Trinajstić information content (AvgIpc) is 2.29. The molecule has 0 bridgehead atoms. The van der Waals surface area contributed by atoms with Gasteiger partial charge in [0.2, 0.25) is 0 Å². The SMILES string of the molecule is C[C@H]1CCCN(C(=O)c2cccnc2)C1. The molecule has 1 saturated heterocycles. The van der Waals surface area contributed by atoms with E-state index in [9.17, 15) is 4.79 Å². The number of carbonyl (C=O) groups is 1. The highest BCUT2D eigenvalue weighted by molar-refractivity contribution is 5.93. The number of nitrogens with zero attached hydrogens (tertiary/aromatic N) is 2. The van der Waals surface area contributed by atoms with Gasteiger partial charge in [0.15, 0.2) is 0 Å². The predicted molar refractivity (Wildman–Crippen MR) is 58.5 cm³/mol. The number of hydrogen-bond donors (Lipinski definition) is 0. The van der Waals surface area contributed by atoms with Crippen LogP contribution in [0.5, 0.6) is 0 Å². The largest absolute Gasteiger partial charge is 0.338 e. The van der Waals surface area contributed by atoms with Crippen molar-refractivity contribution >= 4 is 5.91 Å². The van der Waals surface area contributed by atoms with Crippen LogP contribution in [0.4, 0.5) is 0 Å². The average molecular weight is 204 g/mol. The van der Waals surface area contributed by atoms with Crippen LogP contribution in [0.25, 0.3) is 0 Å². The summed E-state index contributed by atoms with van der Waals surface area (Å²) in [5.41, 5.74) is 0.701. The molecule has 0 radical (unpaired) electrons. The molecule has 80 valence electrons. The fraction of sp³-hybridized carbons (Fsp3) is 0.500. The van der Waals surface area contributed by atoms with Crippen LogP contribution in [0, 0.1) is 5.92 Å². The summed E-state index contributed by atoms with van der Waals surface area (Å²) in [6.45, 7) is 3.97. The van der Waals surface area contributed by atoms with Crippen molar-refractivity contribution in [3.05, 3.63) is 30.1 Å². The van der Waals surface area contributed by atoms with E-state index in [0.717, 1.165) is 19.5 Å². The Balaban J connectivity index is 2.08. The second-order valence-corrected chi connectivity index (χ2v) is 4.24. The maximum atomic E-state index is 12.0. The molecule has 3 heteroatoms. The minimum Gasteiger partial charge on any atom is -0.338 e. The van der Waals surface area contributed by atoms with E-state index in [1.54, 1.807) is 18.5 Å². The Kier molecular flexibility index (Phi) is 2.99. The molecule has 0 spiro atoms. The smallest absolute Gasteiger partial charge is 0.255 e. The first-order chi connectivity index (χ1) is 7.27. The molecule has 0 unspecified atom stereocenters. The van der Waals surface area contributed by atoms with Gasteiger partial charge in [0, 0.05) is 25.5 Å². The van der Waals surface area contributed by atoms with E-state index in [2.05, 4.69) is 11.9 Å². The quantitative estimate of drug-likeness (QED) is 0.700. The van der Waals surface area contributed by atoms with E-state index in [4.69, 9.17) is 0 Å². The van der Waals surface area contributed by atoms with Gasteiger partial charge in [0.05, 0.1) is 5.56 Å². The number of hydrogen-bond acceptors (Lipinski definition) is 2. The fourth-order valence-electron chi connectivity index (χ4n) is 2.05. The Labute approximate surface area is 90.1 Å². The maximum Gasteiger partial charge on any atom is 0.255 e. The van der Waals surface area contributed by atoms with Crippen LogP contribution in [0.15, 0.2) is 24.5 Å². The van der Waals surface area contributed by atoms with Crippen LogP contribution in [0.2, 0.25) is 0 Å². The Hall–Kier alpha value is -1.38. The van der Waals surface area contributed by atoms with Crippen molar-refractivity contribution in [3.8, 4) is 0 Å². The van der Waals surface area contributed by atoms with Crippen molar-refractivity contribution < 1.29 is 4.79 Å². The van der Waals surface area contributed by atoms with Gasteiger partial charge in [-0.05, 0) is 30.9 Å². The normalized spacial score (nSPS) is 21.4. The van der Waals surface area contributed by atoms with E-state index in [-0.39, 0.29) is 5.91 Å². The van der Waals surface area contributed by atoms with Crippen molar-refractivity contribution in [1.29, 1.82) is 0 Å². The van der Waals surface area contributed by atoms with Crippen LogP contribution in [-0.4, -0.2) is 28.9 Å². The van der Waals surface area contributed by atoms with Gasteiger partial charge in [-0.2, -0.15) is 0 Å².